The van der Waals surface area contributed by atoms with Crippen LogP contribution in [0.1, 0.15) is 13.3 Å². The number of hydrogen-bond donors (Lipinski definition) is 1. The van der Waals surface area contributed by atoms with Gasteiger partial charge >= 0.3 is 0 Å². The Morgan fingerprint density at radius 1 is 1.62 bits per heavy atom. The summed E-state index contributed by atoms with van der Waals surface area (Å²) in [5, 5.41) is 8.21. The predicted molar refractivity (Wildman–Crippen MR) is 34.3 cm³/mol. The van der Waals surface area contributed by atoms with Crippen LogP contribution in [0.25, 0.3) is 0 Å². The summed E-state index contributed by atoms with van der Waals surface area (Å²) in [4.78, 5) is 0. The van der Waals surface area contributed by atoms with E-state index in [4.69, 9.17) is 5.11 Å². The molecule has 0 aliphatic rings. The molecule has 0 fully saturated rings. The van der Waals surface area contributed by atoms with Crippen LogP contribution in [0.4, 0.5) is 0 Å². The van der Waals surface area contributed by atoms with E-state index in [0.29, 0.717) is 0 Å². The third kappa shape index (κ3) is 5.26. The highest BCUT2D eigenvalue weighted by Gasteiger charge is 1.60. The molecule has 0 saturated carbocycles. The van der Waals surface area contributed by atoms with Gasteiger partial charge in [-0.2, -0.15) is 0 Å². The standard InChI is InChI=1S/C7H10O/c1-2-3-4-5-6-7-8/h5-6,8H,2,7H2,1H3/b6-5+. The number of hydrogen-bond acceptors (Lipinski definition) is 1. The molecule has 0 aromatic heterocycles. The van der Waals surface area contributed by atoms with Gasteiger partial charge in [0.1, 0.15) is 0 Å². The smallest absolute Gasteiger partial charge is 0.0621 e. The zero-order chi connectivity index (χ0) is 6.24. The first-order chi connectivity index (χ1) is 3.91. The van der Waals surface area contributed by atoms with Crippen molar-refractivity contribution >= 4 is 0 Å². The summed E-state index contributed by atoms with van der Waals surface area (Å²) in [6, 6.07) is 0. The van der Waals surface area contributed by atoms with E-state index in [0.717, 1.165) is 6.42 Å². The molecular formula is C7H10O. The second-order valence-corrected chi connectivity index (χ2v) is 1.26. The van der Waals surface area contributed by atoms with Crippen molar-refractivity contribution in [1.29, 1.82) is 0 Å². The van der Waals surface area contributed by atoms with E-state index >= 15 is 0 Å². The quantitative estimate of drug-likeness (QED) is 0.498. The minimum atomic E-state index is 0.0817. The Hall–Kier alpha value is -0.740. The van der Waals surface area contributed by atoms with Crippen LogP contribution in [0.15, 0.2) is 12.2 Å². The predicted octanol–water partition coefficient (Wildman–Crippen LogP) is 0.948. The largest absolute Gasteiger partial charge is 0.392 e. The van der Waals surface area contributed by atoms with Crippen LogP contribution in [-0.4, -0.2) is 11.7 Å². The maximum atomic E-state index is 8.21. The van der Waals surface area contributed by atoms with Crippen molar-refractivity contribution < 1.29 is 5.11 Å². The Morgan fingerprint density at radius 3 is 2.88 bits per heavy atom. The Kier molecular flexibility index (Phi) is 5.68. The lowest BCUT2D eigenvalue weighted by atomic mass is 10.4. The summed E-state index contributed by atoms with van der Waals surface area (Å²) in [5.41, 5.74) is 0. The number of aliphatic hydroxyl groups is 1. The van der Waals surface area contributed by atoms with Gasteiger partial charge in [0.15, 0.2) is 0 Å². The molecule has 0 rings (SSSR count). The van der Waals surface area contributed by atoms with E-state index in [1.165, 1.54) is 0 Å². The van der Waals surface area contributed by atoms with Crippen molar-refractivity contribution in [2.75, 3.05) is 6.61 Å². The second kappa shape index (κ2) is 6.26. The van der Waals surface area contributed by atoms with Crippen LogP contribution >= 0.6 is 0 Å². The van der Waals surface area contributed by atoms with E-state index in [9.17, 15) is 0 Å². The van der Waals surface area contributed by atoms with Crippen LogP contribution in [0.2, 0.25) is 0 Å². The lowest BCUT2D eigenvalue weighted by molar-refractivity contribution is 0.343. The van der Waals surface area contributed by atoms with Crippen molar-refractivity contribution in [1.82, 2.24) is 0 Å². The fraction of sp³-hybridized carbons (Fsp3) is 0.429. The maximum absolute atomic E-state index is 8.21. The molecule has 0 saturated heterocycles. The van der Waals surface area contributed by atoms with Crippen molar-refractivity contribution in [3.63, 3.8) is 0 Å². The van der Waals surface area contributed by atoms with E-state index in [1.54, 1.807) is 12.2 Å². The van der Waals surface area contributed by atoms with Crippen LogP contribution < -0.4 is 0 Å². The van der Waals surface area contributed by atoms with Crippen molar-refractivity contribution in [2.45, 2.75) is 13.3 Å². The lowest BCUT2D eigenvalue weighted by Crippen LogP contribution is -1.67. The number of allylic oxidation sites excluding steroid dienone is 1. The fourth-order valence-corrected chi connectivity index (χ4v) is 0.273. The van der Waals surface area contributed by atoms with Gasteiger partial charge in [0.25, 0.3) is 0 Å². The first-order valence-electron chi connectivity index (χ1n) is 2.66. The first-order valence-corrected chi connectivity index (χ1v) is 2.66. The Bertz CT molecular complexity index is 114. The van der Waals surface area contributed by atoms with E-state index in [-0.39, 0.29) is 6.61 Å². The molecule has 1 heteroatoms. The average molecular weight is 110 g/mol. The zero-order valence-corrected chi connectivity index (χ0v) is 5.02. The highest BCUT2D eigenvalue weighted by molar-refractivity contribution is 5.14. The van der Waals surface area contributed by atoms with Gasteiger partial charge in [0, 0.05) is 6.42 Å². The van der Waals surface area contributed by atoms with Gasteiger partial charge < -0.3 is 5.11 Å². The Balaban J connectivity index is 3.26. The molecule has 0 aromatic rings. The summed E-state index contributed by atoms with van der Waals surface area (Å²) in [5.74, 6) is 5.58. The molecule has 0 heterocycles. The van der Waals surface area contributed by atoms with Crippen LogP contribution in [0, 0.1) is 11.8 Å². The van der Waals surface area contributed by atoms with Gasteiger partial charge in [-0.05, 0) is 6.08 Å². The highest BCUT2D eigenvalue weighted by Crippen LogP contribution is 1.69. The van der Waals surface area contributed by atoms with Gasteiger partial charge in [-0.3, -0.25) is 0 Å². The summed E-state index contributed by atoms with van der Waals surface area (Å²) >= 11 is 0. The molecule has 1 nitrogen and oxygen atoms in total. The molecule has 0 atom stereocenters. The number of aliphatic hydroxyl groups excluding tert-OH is 1. The summed E-state index contributed by atoms with van der Waals surface area (Å²) in [6.45, 7) is 2.07. The summed E-state index contributed by atoms with van der Waals surface area (Å²) < 4.78 is 0. The average Bonchev–Trinajstić information content (AvgIpc) is 1.81. The first kappa shape index (κ1) is 7.26. The molecule has 0 aromatic carbocycles. The highest BCUT2D eigenvalue weighted by atomic mass is 16.2. The molecular weight excluding hydrogens is 100 g/mol. The van der Waals surface area contributed by atoms with E-state index in [2.05, 4.69) is 11.8 Å². The second-order valence-electron chi connectivity index (χ2n) is 1.26. The molecule has 44 valence electrons. The molecule has 0 amide bonds. The maximum Gasteiger partial charge on any atom is 0.0621 e. The van der Waals surface area contributed by atoms with E-state index < -0.39 is 0 Å². The number of rotatable bonds is 1. The van der Waals surface area contributed by atoms with Crippen molar-refractivity contribution in [3.8, 4) is 11.8 Å². The van der Waals surface area contributed by atoms with E-state index in [1.807, 2.05) is 6.92 Å². The lowest BCUT2D eigenvalue weighted by Gasteiger charge is -1.69. The molecule has 0 spiro atoms. The van der Waals surface area contributed by atoms with Gasteiger partial charge in [-0.1, -0.05) is 24.8 Å². The monoisotopic (exact) mass is 110 g/mol. The third-order valence-electron chi connectivity index (χ3n) is 0.585. The minimum absolute atomic E-state index is 0.0817. The van der Waals surface area contributed by atoms with Gasteiger partial charge in [-0.25, -0.2) is 0 Å². The van der Waals surface area contributed by atoms with Crippen molar-refractivity contribution in [3.05, 3.63) is 12.2 Å². The molecule has 0 radical (unpaired) electrons. The summed E-state index contributed by atoms with van der Waals surface area (Å²) in [7, 11) is 0. The van der Waals surface area contributed by atoms with Gasteiger partial charge in [-0.15, -0.1) is 0 Å². The molecule has 0 aliphatic carbocycles. The van der Waals surface area contributed by atoms with Gasteiger partial charge in [0.2, 0.25) is 0 Å². The van der Waals surface area contributed by atoms with Gasteiger partial charge in [0.05, 0.1) is 6.61 Å². The third-order valence-corrected chi connectivity index (χ3v) is 0.585. The molecule has 0 aliphatic heterocycles. The SMILES string of the molecule is CCC#C/C=C/CO. The molecule has 0 bridgehead atoms. The Morgan fingerprint density at radius 2 is 2.38 bits per heavy atom. The normalized spacial score (nSPS) is 8.75. The van der Waals surface area contributed by atoms with Crippen molar-refractivity contribution in [2.24, 2.45) is 0 Å². The molecule has 1 N–H and O–H groups in total. The van der Waals surface area contributed by atoms with Crippen LogP contribution in [0.5, 0.6) is 0 Å². The summed E-state index contributed by atoms with van der Waals surface area (Å²) in [6.07, 6.45) is 4.14. The fourth-order valence-electron chi connectivity index (χ4n) is 0.273. The minimum Gasteiger partial charge on any atom is -0.392 e. The zero-order valence-electron chi connectivity index (χ0n) is 5.02. The topological polar surface area (TPSA) is 20.2 Å². The van der Waals surface area contributed by atoms with Crippen LogP contribution in [-0.2, 0) is 0 Å². The molecule has 0 unspecified atom stereocenters. The Labute approximate surface area is 50.0 Å². The molecule has 8 heavy (non-hydrogen) atoms. The van der Waals surface area contributed by atoms with Crippen LogP contribution in [0.3, 0.4) is 0 Å².